The zero-order valence-electron chi connectivity index (χ0n) is 14.3. The summed E-state index contributed by atoms with van der Waals surface area (Å²) in [6.07, 6.45) is -4.13. The SMILES string of the molecule is CCC(O)c1c(CN)cc(-c2ccc(OC(F)(F)F)cc2)c2c1CCO2. The highest BCUT2D eigenvalue weighted by atomic mass is 19.4. The minimum absolute atomic E-state index is 0.252. The monoisotopic (exact) mass is 367 g/mol. The van der Waals surface area contributed by atoms with Gasteiger partial charge in [-0.1, -0.05) is 19.1 Å². The van der Waals surface area contributed by atoms with Crippen molar-refractivity contribution in [2.75, 3.05) is 6.61 Å². The number of alkyl halides is 3. The second-order valence-electron chi connectivity index (χ2n) is 6.10. The first-order valence-corrected chi connectivity index (χ1v) is 8.39. The van der Waals surface area contributed by atoms with Gasteiger partial charge in [-0.05, 0) is 41.3 Å². The van der Waals surface area contributed by atoms with E-state index in [1.54, 1.807) is 12.1 Å². The number of hydrogen-bond acceptors (Lipinski definition) is 4. The Kier molecular flexibility index (Phi) is 5.11. The summed E-state index contributed by atoms with van der Waals surface area (Å²) in [5, 5.41) is 10.4. The number of nitrogens with two attached hydrogens (primary N) is 1. The predicted molar refractivity (Wildman–Crippen MR) is 90.9 cm³/mol. The van der Waals surface area contributed by atoms with Crippen LogP contribution in [0.4, 0.5) is 13.2 Å². The van der Waals surface area contributed by atoms with Crippen LogP contribution in [-0.4, -0.2) is 18.1 Å². The zero-order valence-corrected chi connectivity index (χ0v) is 14.3. The molecule has 0 saturated carbocycles. The van der Waals surface area contributed by atoms with Crippen LogP contribution in [0.2, 0.25) is 0 Å². The third-order valence-electron chi connectivity index (χ3n) is 4.45. The molecule has 1 aliphatic heterocycles. The quantitative estimate of drug-likeness (QED) is 0.836. The van der Waals surface area contributed by atoms with Crippen molar-refractivity contribution in [2.24, 2.45) is 5.73 Å². The number of halogens is 3. The van der Waals surface area contributed by atoms with E-state index in [0.717, 1.165) is 22.3 Å². The summed E-state index contributed by atoms with van der Waals surface area (Å²) in [4.78, 5) is 0. The molecule has 3 N–H and O–H groups in total. The molecule has 1 atom stereocenters. The first kappa shape index (κ1) is 18.5. The summed E-state index contributed by atoms with van der Waals surface area (Å²) in [6.45, 7) is 2.64. The van der Waals surface area contributed by atoms with E-state index in [9.17, 15) is 18.3 Å². The largest absolute Gasteiger partial charge is 0.573 e. The highest BCUT2D eigenvalue weighted by Gasteiger charge is 2.31. The van der Waals surface area contributed by atoms with Gasteiger partial charge in [-0.15, -0.1) is 13.2 Å². The van der Waals surface area contributed by atoms with E-state index in [4.69, 9.17) is 10.5 Å². The fourth-order valence-corrected chi connectivity index (χ4v) is 3.30. The molecule has 140 valence electrons. The molecule has 3 rings (SSSR count). The fraction of sp³-hybridized carbons (Fsp3) is 0.368. The van der Waals surface area contributed by atoms with E-state index < -0.39 is 12.5 Å². The molecule has 0 bridgehead atoms. The Labute approximate surface area is 149 Å². The third-order valence-corrected chi connectivity index (χ3v) is 4.45. The molecule has 0 aromatic heterocycles. The Morgan fingerprint density at radius 1 is 1.27 bits per heavy atom. The van der Waals surface area contributed by atoms with Crippen molar-refractivity contribution in [1.82, 2.24) is 0 Å². The summed E-state index contributed by atoms with van der Waals surface area (Å²) in [7, 11) is 0. The van der Waals surface area contributed by atoms with Gasteiger partial charge < -0.3 is 20.3 Å². The highest BCUT2D eigenvalue weighted by molar-refractivity contribution is 5.76. The molecule has 1 aliphatic rings. The number of aliphatic hydroxyl groups is 1. The molecule has 2 aromatic carbocycles. The second kappa shape index (κ2) is 7.17. The molecule has 1 unspecified atom stereocenters. The maximum Gasteiger partial charge on any atom is 0.573 e. The number of hydrogen-bond donors (Lipinski definition) is 2. The number of fused-ring (bicyclic) bond motifs is 1. The van der Waals surface area contributed by atoms with Gasteiger partial charge in [0.05, 0.1) is 12.7 Å². The van der Waals surface area contributed by atoms with Crippen LogP contribution in [0.15, 0.2) is 30.3 Å². The Hall–Kier alpha value is -2.25. The molecule has 0 fully saturated rings. The average Bonchev–Trinajstić information content (AvgIpc) is 3.08. The molecule has 0 radical (unpaired) electrons. The first-order chi connectivity index (χ1) is 12.3. The number of benzene rings is 2. The first-order valence-electron chi connectivity index (χ1n) is 8.39. The van der Waals surface area contributed by atoms with Gasteiger partial charge in [0.15, 0.2) is 0 Å². The molecule has 2 aromatic rings. The van der Waals surface area contributed by atoms with Crippen molar-refractivity contribution in [2.45, 2.75) is 38.8 Å². The van der Waals surface area contributed by atoms with E-state index in [1.807, 2.05) is 13.0 Å². The Morgan fingerprint density at radius 2 is 1.96 bits per heavy atom. The molecule has 0 saturated heterocycles. The van der Waals surface area contributed by atoms with Crippen LogP contribution in [0.3, 0.4) is 0 Å². The van der Waals surface area contributed by atoms with Crippen molar-refractivity contribution in [3.05, 3.63) is 47.0 Å². The molecule has 26 heavy (non-hydrogen) atoms. The predicted octanol–water partition coefficient (Wildman–Crippen LogP) is 4.09. The summed E-state index contributed by atoms with van der Waals surface area (Å²) in [6, 6.07) is 7.48. The van der Waals surface area contributed by atoms with E-state index >= 15 is 0 Å². The number of aliphatic hydroxyl groups excluding tert-OH is 1. The summed E-state index contributed by atoms with van der Waals surface area (Å²) in [5.74, 6) is 0.380. The van der Waals surface area contributed by atoms with Crippen molar-refractivity contribution in [3.63, 3.8) is 0 Å². The summed E-state index contributed by atoms with van der Waals surface area (Å²) >= 11 is 0. The molecule has 0 aliphatic carbocycles. The van der Waals surface area contributed by atoms with Gasteiger partial charge >= 0.3 is 6.36 Å². The molecular weight excluding hydrogens is 347 g/mol. The van der Waals surface area contributed by atoms with Crippen molar-refractivity contribution < 1.29 is 27.8 Å². The van der Waals surface area contributed by atoms with Crippen LogP contribution >= 0.6 is 0 Å². The van der Waals surface area contributed by atoms with Gasteiger partial charge in [0, 0.05) is 24.1 Å². The lowest BCUT2D eigenvalue weighted by atomic mass is 9.89. The van der Waals surface area contributed by atoms with E-state index in [2.05, 4.69) is 4.74 Å². The molecule has 0 spiro atoms. The molecule has 1 heterocycles. The van der Waals surface area contributed by atoms with E-state index in [-0.39, 0.29) is 12.3 Å². The van der Waals surface area contributed by atoms with Gasteiger partial charge in [-0.2, -0.15) is 0 Å². The van der Waals surface area contributed by atoms with Crippen LogP contribution in [0.5, 0.6) is 11.5 Å². The smallest absolute Gasteiger partial charge is 0.492 e. The summed E-state index contributed by atoms with van der Waals surface area (Å²) < 4.78 is 46.6. The normalized spacial score (nSPS) is 14.7. The zero-order chi connectivity index (χ0) is 18.9. The lowest BCUT2D eigenvalue weighted by molar-refractivity contribution is -0.274. The standard InChI is InChI=1S/C19H20F3NO3/c1-2-16(24)17-12(10-23)9-15(18-14(17)7-8-25-18)11-3-5-13(6-4-11)26-19(20,21)22/h3-6,9,16,24H,2,7-8,10,23H2,1H3. The highest BCUT2D eigenvalue weighted by Crippen LogP contribution is 2.43. The number of rotatable bonds is 5. The molecule has 7 heteroatoms. The Morgan fingerprint density at radius 3 is 2.54 bits per heavy atom. The maximum atomic E-state index is 12.3. The second-order valence-corrected chi connectivity index (χ2v) is 6.10. The molecule has 0 amide bonds. The molecule has 4 nitrogen and oxygen atoms in total. The lowest BCUT2D eigenvalue weighted by Crippen LogP contribution is -2.16. The minimum atomic E-state index is -4.73. The maximum absolute atomic E-state index is 12.3. The average molecular weight is 367 g/mol. The Balaban J connectivity index is 2.05. The topological polar surface area (TPSA) is 64.7 Å². The number of ether oxygens (including phenoxy) is 2. The van der Waals surface area contributed by atoms with Crippen LogP contribution < -0.4 is 15.2 Å². The summed E-state index contributed by atoms with van der Waals surface area (Å²) in [5.41, 5.74) is 9.88. The van der Waals surface area contributed by atoms with Crippen LogP contribution in [-0.2, 0) is 13.0 Å². The van der Waals surface area contributed by atoms with Gasteiger partial charge in [0.2, 0.25) is 0 Å². The van der Waals surface area contributed by atoms with Gasteiger partial charge in [0.1, 0.15) is 11.5 Å². The van der Waals surface area contributed by atoms with Crippen LogP contribution in [0.1, 0.15) is 36.1 Å². The van der Waals surface area contributed by atoms with Crippen molar-refractivity contribution in [1.29, 1.82) is 0 Å². The third kappa shape index (κ3) is 3.64. The van der Waals surface area contributed by atoms with Gasteiger partial charge in [0.25, 0.3) is 0 Å². The fourth-order valence-electron chi connectivity index (χ4n) is 3.30. The van der Waals surface area contributed by atoms with E-state index in [0.29, 0.717) is 30.8 Å². The van der Waals surface area contributed by atoms with E-state index in [1.165, 1.54) is 12.1 Å². The van der Waals surface area contributed by atoms with Crippen LogP contribution in [0, 0.1) is 0 Å². The van der Waals surface area contributed by atoms with Crippen molar-refractivity contribution >= 4 is 0 Å². The Bertz CT molecular complexity index is 788. The minimum Gasteiger partial charge on any atom is -0.492 e. The lowest BCUT2D eigenvalue weighted by Gasteiger charge is -2.20. The molecular formula is C19H20F3NO3. The van der Waals surface area contributed by atoms with Gasteiger partial charge in [-0.3, -0.25) is 0 Å². The van der Waals surface area contributed by atoms with Crippen LogP contribution in [0.25, 0.3) is 11.1 Å². The van der Waals surface area contributed by atoms with Gasteiger partial charge in [-0.25, -0.2) is 0 Å². The van der Waals surface area contributed by atoms with Crippen molar-refractivity contribution in [3.8, 4) is 22.6 Å².